The lowest BCUT2D eigenvalue weighted by Gasteiger charge is -2.09. The number of nitrogens with one attached hydrogen (secondary N) is 2. The van der Waals surface area contributed by atoms with Crippen LogP contribution in [-0.2, 0) is 21.3 Å². The number of nitrogens with zero attached hydrogens (tertiary/aromatic N) is 1. The van der Waals surface area contributed by atoms with E-state index in [0.29, 0.717) is 16.7 Å². The Balaban J connectivity index is 1.98. The molecule has 0 aliphatic heterocycles. The summed E-state index contributed by atoms with van der Waals surface area (Å²) < 4.78 is 31.4. The van der Waals surface area contributed by atoms with Gasteiger partial charge in [-0.05, 0) is 36.8 Å². The summed E-state index contributed by atoms with van der Waals surface area (Å²) in [7, 11) is -2.13. The molecule has 28 heavy (non-hydrogen) atoms. The van der Waals surface area contributed by atoms with Gasteiger partial charge in [-0.1, -0.05) is 12.1 Å². The molecular weight excluding hydrogens is 386 g/mol. The van der Waals surface area contributed by atoms with Gasteiger partial charge in [-0.15, -0.1) is 0 Å². The van der Waals surface area contributed by atoms with Gasteiger partial charge in [0.1, 0.15) is 0 Å². The third-order valence-corrected chi connectivity index (χ3v) is 5.42. The van der Waals surface area contributed by atoms with Gasteiger partial charge in [0, 0.05) is 37.4 Å². The van der Waals surface area contributed by atoms with Gasteiger partial charge in [0.2, 0.25) is 10.0 Å². The molecule has 0 spiro atoms. The number of sulfonamides is 1. The molecule has 9 nitrogen and oxygen atoms in total. The summed E-state index contributed by atoms with van der Waals surface area (Å²) >= 11 is 0. The van der Waals surface area contributed by atoms with Crippen LogP contribution in [0.15, 0.2) is 47.4 Å². The van der Waals surface area contributed by atoms with E-state index in [0.717, 1.165) is 0 Å². The van der Waals surface area contributed by atoms with Crippen LogP contribution in [0.1, 0.15) is 21.5 Å². The molecule has 0 aliphatic carbocycles. The molecule has 150 valence electrons. The first-order valence-corrected chi connectivity index (χ1v) is 9.83. The first-order valence-electron chi connectivity index (χ1n) is 8.35. The van der Waals surface area contributed by atoms with Gasteiger partial charge in [-0.2, -0.15) is 0 Å². The molecule has 0 saturated heterocycles. The maximum absolute atomic E-state index is 12.2. The van der Waals surface area contributed by atoms with E-state index in [1.165, 1.54) is 37.4 Å². The van der Waals surface area contributed by atoms with E-state index in [9.17, 15) is 23.3 Å². The van der Waals surface area contributed by atoms with E-state index in [4.69, 9.17) is 4.74 Å². The first-order chi connectivity index (χ1) is 13.2. The average Bonchev–Trinajstić information content (AvgIpc) is 2.66. The van der Waals surface area contributed by atoms with Crippen LogP contribution in [-0.4, -0.2) is 39.5 Å². The Labute approximate surface area is 162 Å². The number of rotatable bonds is 9. The molecule has 0 unspecified atom stereocenters. The second-order valence-corrected chi connectivity index (χ2v) is 7.74. The predicted molar refractivity (Wildman–Crippen MR) is 103 cm³/mol. The zero-order valence-electron chi connectivity index (χ0n) is 15.5. The number of hydrogen-bond donors (Lipinski definition) is 2. The summed E-state index contributed by atoms with van der Waals surface area (Å²) in [4.78, 5) is 22.7. The molecule has 10 heteroatoms. The standard InChI is InChI=1S/C18H21N3O6S/c1-13-11-15(5-8-17(13)21(23)24)18(22)19-12-14-3-6-16(7-4-14)28(25,26)20-9-10-27-2/h3-8,11,20H,9-10,12H2,1-2H3,(H,19,22). The van der Waals surface area contributed by atoms with Crippen LogP contribution in [0.2, 0.25) is 0 Å². The molecule has 0 atom stereocenters. The molecule has 0 saturated carbocycles. The maximum Gasteiger partial charge on any atom is 0.272 e. The molecule has 2 aromatic carbocycles. The molecule has 2 rings (SSSR count). The van der Waals surface area contributed by atoms with Crippen molar-refractivity contribution in [1.29, 1.82) is 0 Å². The van der Waals surface area contributed by atoms with E-state index in [-0.39, 0.29) is 36.2 Å². The quantitative estimate of drug-likeness (QED) is 0.370. The number of methoxy groups -OCH3 is 1. The van der Waals surface area contributed by atoms with E-state index >= 15 is 0 Å². The fourth-order valence-corrected chi connectivity index (χ4v) is 3.45. The van der Waals surface area contributed by atoms with Crippen molar-refractivity contribution in [3.05, 3.63) is 69.3 Å². The van der Waals surface area contributed by atoms with Crippen LogP contribution in [0.4, 0.5) is 5.69 Å². The van der Waals surface area contributed by atoms with Gasteiger partial charge in [-0.3, -0.25) is 14.9 Å². The van der Waals surface area contributed by atoms with Crippen LogP contribution in [0.3, 0.4) is 0 Å². The lowest BCUT2D eigenvalue weighted by molar-refractivity contribution is -0.385. The minimum absolute atomic E-state index is 0.0487. The normalized spacial score (nSPS) is 11.2. The molecular formula is C18H21N3O6S. The van der Waals surface area contributed by atoms with Crippen LogP contribution in [0.5, 0.6) is 0 Å². The molecule has 0 radical (unpaired) electrons. The topological polar surface area (TPSA) is 128 Å². The predicted octanol–water partition coefficient (Wildman–Crippen LogP) is 1.76. The van der Waals surface area contributed by atoms with Crippen LogP contribution in [0, 0.1) is 17.0 Å². The third kappa shape index (κ3) is 5.59. The lowest BCUT2D eigenvalue weighted by Crippen LogP contribution is -2.27. The number of carbonyl (C=O) groups excluding carboxylic acids is 1. The summed E-state index contributed by atoms with van der Waals surface area (Å²) in [6.45, 7) is 2.19. The van der Waals surface area contributed by atoms with Crippen molar-refractivity contribution in [1.82, 2.24) is 10.0 Å². The Hall–Kier alpha value is -2.82. The summed E-state index contributed by atoms with van der Waals surface area (Å²) in [5.74, 6) is -0.379. The van der Waals surface area contributed by atoms with E-state index in [2.05, 4.69) is 10.0 Å². The number of hydrogen-bond acceptors (Lipinski definition) is 6. The summed E-state index contributed by atoms with van der Waals surface area (Å²) in [5, 5.41) is 13.5. The molecule has 0 fully saturated rings. The second kappa shape index (κ2) is 9.40. The van der Waals surface area contributed by atoms with Crippen molar-refractivity contribution in [2.24, 2.45) is 0 Å². The third-order valence-electron chi connectivity index (χ3n) is 3.94. The van der Waals surface area contributed by atoms with Crippen molar-refractivity contribution in [2.45, 2.75) is 18.4 Å². The van der Waals surface area contributed by atoms with E-state index in [1.54, 1.807) is 19.1 Å². The Morgan fingerprint density at radius 1 is 1.18 bits per heavy atom. The highest BCUT2D eigenvalue weighted by atomic mass is 32.2. The van der Waals surface area contributed by atoms with Crippen LogP contribution in [0.25, 0.3) is 0 Å². The van der Waals surface area contributed by atoms with Gasteiger partial charge in [0.25, 0.3) is 11.6 Å². The molecule has 0 aliphatic rings. The number of nitro groups is 1. The van der Waals surface area contributed by atoms with E-state index < -0.39 is 14.9 Å². The molecule has 0 aromatic heterocycles. The van der Waals surface area contributed by atoms with Crippen molar-refractivity contribution in [3.63, 3.8) is 0 Å². The highest BCUT2D eigenvalue weighted by Gasteiger charge is 2.15. The van der Waals surface area contributed by atoms with Crippen molar-refractivity contribution >= 4 is 21.6 Å². The second-order valence-electron chi connectivity index (χ2n) is 5.98. The number of ether oxygens (including phenoxy) is 1. The molecule has 1 amide bonds. The monoisotopic (exact) mass is 407 g/mol. The number of carbonyl (C=O) groups is 1. The van der Waals surface area contributed by atoms with Gasteiger partial charge < -0.3 is 10.1 Å². The minimum Gasteiger partial charge on any atom is -0.383 e. The van der Waals surface area contributed by atoms with Crippen LogP contribution >= 0.6 is 0 Å². The Kier molecular flexibility index (Phi) is 7.21. The van der Waals surface area contributed by atoms with Crippen molar-refractivity contribution in [3.8, 4) is 0 Å². The maximum atomic E-state index is 12.2. The molecule has 2 aromatic rings. The highest BCUT2D eigenvalue weighted by Crippen LogP contribution is 2.19. The lowest BCUT2D eigenvalue weighted by atomic mass is 10.1. The smallest absolute Gasteiger partial charge is 0.272 e. The SMILES string of the molecule is COCCNS(=O)(=O)c1ccc(CNC(=O)c2ccc([N+](=O)[O-])c(C)c2)cc1. The molecule has 0 bridgehead atoms. The summed E-state index contributed by atoms with van der Waals surface area (Å²) in [5.41, 5.74) is 1.37. The first kappa shape index (κ1) is 21.5. The summed E-state index contributed by atoms with van der Waals surface area (Å²) in [6.07, 6.45) is 0. The van der Waals surface area contributed by atoms with Gasteiger partial charge in [0.05, 0.1) is 16.4 Å². The molecule has 2 N–H and O–H groups in total. The minimum atomic E-state index is -3.61. The Morgan fingerprint density at radius 2 is 1.86 bits per heavy atom. The highest BCUT2D eigenvalue weighted by molar-refractivity contribution is 7.89. The summed E-state index contributed by atoms with van der Waals surface area (Å²) in [6, 6.07) is 10.2. The van der Waals surface area contributed by atoms with Crippen molar-refractivity contribution in [2.75, 3.05) is 20.3 Å². The fraction of sp³-hybridized carbons (Fsp3) is 0.278. The zero-order chi connectivity index (χ0) is 20.7. The zero-order valence-corrected chi connectivity index (χ0v) is 16.3. The van der Waals surface area contributed by atoms with Gasteiger partial charge >= 0.3 is 0 Å². The Bertz CT molecular complexity index is 958. The average molecular weight is 407 g/mol. The number of amides is 1. The van der Waals surface area contributed by atoms with Gasteiger partial charge in [0.15, 0.2) is 0 Å². The van der Waals surface area contributed by atoms with Crippen LogP contribution < -0.4 is 10.0 Å². The van der Waals surface area contributed by atoms with Crippen molar-refractivity contribution < 1.29 is 22.9 Å². The largest absolute Gasteiger partial charge is 0.383 e. The number of nitro benzene ring substituents is 1. The van der Waals surface area contributed by atoms with Gasteiger partial charge in [-0.25, -0.2) is 13.1 Å². The molecule has 0 heterocycles. The number of benzene rings is 2. The fourth-order valence-electron chi connectivity index (χ4n) is 2.43. The number of aryl methyl sites for hydroxylation is 1. The van der Waals surface area contributed by atoms with E-state index in [1.807, 2.05) is 0 Å². The Morgan fingerprint density at radius 3 is 2.43 bits per heavy atom.